The number of phenolic OH excluding ortho intramolecular Hbond substituents is 1. The lowest BCUT2D eigenvalue weighted by Gasteiger charge is -2.28. The Balaban J connectivity index is 2.00. The Morgan fingerprint density at radius 3 is 2.75 bits per heavy atom. The van der Waals surface area contributed by atoms with Crippen molar-refractivity contribution in [2.45, 2.75) is 12.8 Å². The second kappa shape index (κ2) is 7.43. The van der Waals surface area contributed by atoms with Crippen LogP contribution in [-0.4, -0.2) is 36.3 Å². The highest BCUT2D eigenvalue weighted by molar-refractivity contribution is 7.99. The van der Waals surface area contributed by atoms with Crippen LogP contribution in [0.4, 0.5) is 0 Å². The fraction of sp³-hybridized carbons (Fsp3) is 0.533. The molecule has 1 atom stereocenters. The van der Waals surface area contributed by atoms with Gasteiger partial charge in [-0.25, -0.2) is 0 Å². The molecule has 1 heterocycles. The maximum absolute atomic E-state index is 11.9. The lowest BCUT2D eigenvalue weighted by atomic mass is 9.88. The Morgan fingerprint density at radius 2 is 2.10 bits per heavy atom. The van der Waals surface area contributed by atoms with Gasteiger partial charge >= 0.3 is 5.97 Å². The Kier molecular flexibility index (Phi) is 5.59. The van der Waals surface area contributed by atoms with E-state index in [0.717, 1.165) is 24.3 Å². The number of methoxy groups -OCH3 is 1. The number of esters is 1. The summed E-state index contributed by atoms with van der Waals surface area (Å²) in [5.41, 5.74) is 0. The summed E-state index contributed by atoms with van der Waals surface area (Å²) in [6.45, 7) is 0.250. The van der Waals surface area contributed by atoms with Crippen molar-refractivity contribution < 1.29 is 19.4 Å². The average molecular weight is 296 g/mol. The molecule has 5 heteroatoms. The predicted octanol–water partition coefficient (Wildman–Crippen LogP) is 2.70. The third-order valence-electron chi connectivity index (χ3n) is 3.62. The van der Waals surface area contributed by atoms with Gasteiger partial charge in [0.05, 0.1) is 13.0 Å². The first-order valence-corrected chi connectivity index (χ1v) is 7.94. The van der Waals surface area contributed by atoms with Crippen molar-refractivity contribution in [3.05, 3.63) is 24.3 Å². The molecule has 0 amide bonds. The smallest absolute Gasteiger partial charge is 0.312 e. The topological polar surface area (TPSA) is 55.8 Å². The molecular weight excluding hydrogens is 276 g/mol. The molecule has 1 N–H and O–H groups in total. The summed E-state index contributed by atoms with van der Waals surface area (Å²) in [7, 11) is 1.41. The van der Waals surface area contributed by atoms with Crippen LogP contribution in [0.5, 0.6) is 11.5 Å². The van der Waals surface area contributed by atoms with Crippen LogP contribution in [0.3, 0.4) is 0 Å². The zero-order chi connectivity index (χ0) is 14.4. The van der Waals surface area contributed by atoms with E-state index in [0.29, 0.717) is 11.7 Å². The molecule has 1 saturated heterocycles. The van der Waals surface area contributed by atoms with Crippen LogP contribution in [0.25, 0.3) is 0 Å². The molecule has 0 radical (unpaired) electrons. The second-order valence-corrected chi connectivity index (χ2v) is 6.08. The molecule has 2 rings (SSSR count). The van der Waals surface area contributed by atoms with E-state index in [9.17, 15) is 9.90 Å². The molecule has 1 aromatic carbocycles. The fourth-order valence-electron chi connectivity index (χ4n) is 2.42. The Hall–Kier alpha value is -1.36. The van der Waals surface area contributed by atoms with Crippen LogP contribution in [0.15, 0.2) is 24.3 Å². The summed E-state index contributed by atoms with van der Waals surface area (Å²) in [5, 5.41) is 9.69. The molecule has 1 aliphatic rings. The van der Waals surface area contributed by atoms with Gasteiger partial charge in [-0.15, -0.1) is 0 Å². The molecule has 1 unspecified atom stereocenters. The monoisotopic (exact) mass is 296 g/mol. The molecule has 0 spiro atoms. The summed E-state index contributed by atoms with van der Waals surface area (Å²) in [5.74, 6) is 2.47. The van der Waals surface area contributed by atoms with Gasteiger partial charge in [0, 0.05) is 0 Å². The minimum Gasteiger partial charge on any atom is -0.504 e. The zero-order valence-electron chi connectivity index (χ0n) is 11.6. The Bertz CT molecular complexity index is 443. The Morgan fingerprint density at radius 1 is 1.40 bits per heavy atom. The minimum absolute atomic E-state index is 0.0929. The number of hydrogen-bond acceptors (Lipinski definition) is 5. The van der Waals surface area contributed by atoms with Crippen LogP contribution >= 0.6 is 11.8 Å². The molecule has 1 fully saturated rings. The molecule has 20 heavy (non-hydrogen) atoms. The van der Waals surface area contributed by atoms with Gasteiger partial charge < -0.3 is 14.6 Å². The van der Waals surface area contributed by atoms with Crippen molar-refractivity contribution in [3.8, 4) is 11.5 Å². The van der Waals surface area contributed by atoms with E-state index in [2.05, 4.69) is 0 Å². The molecule has 0 saturated carbocycles. The van der Waals surface area contributed by atoms with E-state index in [4.69, 9.17) is 9.47 Å². The quantitative estimate of drug-likeness (QED) is 0.847. The molecule has 4 nitrogen and oxygen atoms in total. The highest BCUT2D eigenvalue weighted by Crippen LogP contribution is 2.31. The van der Waals surface area contributed by atoms with Gasteiger partial charge in [-0.3, -0.25) is 4.79 Å². The van der Waals surface area contributed by atoms with Crippen molar-refractivity contribution >= 4 is 17.7 Å². The first-order chi connectivity index (χ1) is 9.72. The van der Waals surface area contributed by atoms with E-state index >= 15 is 0 Å². The number of ether oxygens (including phenoxy) is 2. The minimum atomic E-state index is -0.263. The van der Waals surface area contributed by atoms with Gasteiger partial charge in [0.1, 0.15) is 6.61 Å². The summed E-state index contributed by atoms with van der Waals surface area (Å²) in [6, 6.07) is 6.79. The van der Waals surface area contributed by atoms with Gasteiger partial charge in [0.15, 0.2) is 11.5 Å². The number of carbonyl (C=O) groups excluding carboxylic acids is 1. The number of thioether (sulfide) groups is 1. The van der Waals surface area contributed by atoms with Crippen LogP contribution in [0.2, 0.25) is 0 Å². The fourth-order valence-corrected chi connectivity index (χ4v) is 3.57. The van der Waals surface area contributed by atoms with Gasteiger partial charge in [-0.05, 0) is 42.4 Å². The third kappa shape index (κ3) is 3.82. The van der Waals surface area contributed by atoms with E-state index in [1.807, 2.05) is 11.8 Å². The normalized spacial score (nSPS) is 17.4. The SMILES string of the molecule is COC(=O)C(COc1ccccc1O)C1CCSCC1. The number of aromatic hydroxyl groups is 1. The van der Waals surface area contributed by atoms with E-state index in [1.54, 1.807) is 24.3 Å². The number of benzene rings is 1. The van der Waals surface area contributed by atoms with Crippen molar-refractivity contribution in [3.63, 3.8) is 0 Å². The van der Waals surface area contributed by atoms with Gasteiger partial charge in [-0.1, -0.05) is 12.1 Å². The van der Waals surface area contributed by atoms with E-state index in [1.165, 1.54) is 7.11 Å². The van der Waals surface area contributed by atoms with Crippen molar-refractivity contribution in [2.75, 3.05) is 25.2 Å². The zero-order valence-corrected chi connectivity index (χ0v) is 12.4. The highest BCUT2D eigenvalue weighted by atomic mass is 32.2. The second-order valence-electron chi connectivity index (χ2n) is 4.86. The maximum Gasteiger partial charge on any atom is 0.312 e. The lowest BCUT2D eigenvalue weighted by Crippen LogP contribution is -2.32. The predicted molar refractivity (Wildman–Crippen MR) is 79.2 cm³/mol. The molecule has 1 aromatic rings. The van der Waals surface area contributed by atoms with Crippen LogP contribution in [0.1, 0.15) is 12.8 Å². The van der Waals surface area contributed by atoms with Gasteiger partial charge in [-0.2, -0.15) is 11.8 Å². The molecule has 1 aliphatic heterocycles. The summed E-state index contributed by atoms with van der Waals surface area (Å²) < 4.78 is 10.5. The summed E-state index contributed by atoms with van der Waals surface area (Å²) >= 11 is 1.92. The molecule has 0 aliphatic carbocycles. The number of carbonyl (C=O) groups is 1. The van der Waals surface area contributed by atoms with Gasteiger partial charge in [0.25, 0.3) is 0 Å². The average Bonchev–Trinajstić information content (AvgIpc) is 2.50. The number of phenols is 1. The largest absolute Gasteiger partial charge is 0.504 e. The highest BCUT2D eigenvalue weighted by Gasteiger charge is 2.31. The molecule has 110 valence electrons. The first-order valence-electron chi connectivity index (χ1n) is 6.78. The Labute approximate surface area is 123 Å². The summed E-state index contributed by atoms with van der Waals surface area (Å²) in [4.78, 5) is 11.9. The molecular formula is C15H20O4S. The van der Waals surface area contributed by atoms with Crippen molar-refractivity contribution in [1.82, 2.24) is 0 Å². The van der Waals surface area contributed by atoms with Crippen LogP contribution in [0, 0.1) is 11.8 Å². The molecule has 0 aromatic heterocycles. The number of rotatable bonds is 5. The first kappa shape index (κ1) is 15.0. The van der Waals surface area contributed by atoms with Crippen LogP contribution in [-0.2, 0) is 9.53 Å². The standard InChI is InChI=1S/C15H20O4S/c1-18-15(17)12(11-6-8-20-9-7-11)10-19-14-5-3-2-4-13(14)16/h2-5,11-12,16H,6-10H2,1H3. The third-order valence-corrected chi connectivity index (χ3v) is 4.67. The summed E-state index contributed by atoms with van der Waals surface area (Å²) in [6.07, 6.45) is 2.02. The maximum atomic E-state index is 11.9. The van der Waals surface area contributed by atoms with E-state index < -0.39 is 0 Å². The van der Waals surface area contributed by atoms with E-state index in [-0.39, 0.29) is 24.2 Å². The molecule has 0 bridgehead atoms. The lowest BCUT2D eigenvalue weighted by molar-refractivity contribution is -0.148. The van der Waals surface area contributed by atoms with Crippen molar-refractivity contribution in [1.29, 1.82) is 0 Å². The van der Waals surface area contributed by atoms with Crippen LogP contribution < -0.4 is 4.74 Å². The number of hydrogen-bond donors (Lipinski definition) is 1. The van der Waals surface area contributed by atoms with Gasteiger partial charge in [0.2, 0.25) is 0 Å². The number of para-hydroxylation sites is 2. The van der Waals surface area contributed by atoms with Crippen molar-refractivity contribution in [2.24, 2.45) is 11.8 Å².